The third-order valence-electron chi connectivity index (χ3n) is 4.13. The fourth-order valence-corrected chi connectivity index (χ4v) is 4.28. The van der Waals surface area contributed by atoms with E-state index in [2.05, 4.69) is 6.58 Å². The Morgan fingerprint density at radius 3 is 2.30 bits per heavy atom. The molecule has 0 fully saturated rings. The molecule has 0 spiro atoms. The number of rotatable bonds is 8. The van der Waals surface area contributed by atoms with Gasteiger partial charge in [-0.15, -0.1) is 6.58 Å². The Hall–Kier alpha value is -2.51. The molecular weight excluding hydrogens is 367 g/mol. The van der Waals surface area contributed by atoms with Gasteiger partial charge in [-0.25, -0.2) is 12.8 Å². The number of amides is 1. The van der Waals surface area contributed by atoms with E-state index >= 15 is 0 Å². The summed E-state index contributed by atoms with van der Waals surface area (Å²) in [5.41, 5.74) is 0.729. The Balaban J connectivity index is 2.50. The summed E-state index contributed by atoms with van der Waals surface area (Å²) >= 11 is 0. The number of halogens is 1. The number of sulfonamides is 1. The molecule has 0 aliphatic heterocycles. The summed E-state index contributed by atoms with van der Waals surface area (Å²) in [5.74, 6) is -1.31. The molecule has 2 aromatic rings. The minimum atomic E-state index is -4.02. The van der Waals surface area contributed by atoms with Crippen molar-refractivity contribution in [2.45, 2.75) is 18.7 Å². The average Bonchev–Trinajstić information content (AvgIpc) is 2.67. The van der Waals surface area contributed by atoms with Crippen molar-refractivity contribution >= 4 is 21.6 Å². The van der Waals surface area contributed by atoms with E-state index in [1.165, 1.54) is 11.0 Å². The zero-order valence-electron chi connectivity index (χ0n) is 15.4. The molecule has 2 aromatic carbocycles. The lowest BCUT2D eigenvalue weighted by Gasteiger charge is -2.22. The highest BCUT2D eigenvalue weighted by atomic mass is 32.2. The summed E-state index contributed by atoms with van der Waals surface area (Å²) in [5, 5.41) is 0. The number of hydrogen-bond acceptors (Lipinski definition) is 3. The highest BCUT2D eigenvalue weighted by Crippen LogP contribution is 2.23. The van der Waals surface area contributed by atoms with Gasteiger partial charge in [0.15, 0.2) is 0 Å². The van der Waals surface area contributed by atoms with Gasteiger partial charge in [0.2, 0.25) is 10.0 Å². The quantitative estimate of drug-likeness (QED) is 0.646. The normalized spacial score (nSPS) is 11.4. The first kappa shape index (κ1) is 20.8. The SMILES string of the molecule is C=CCN(C(=O)c1ccc(F)c(S(=O)(=O)N(CC)CC)c1)c1ccccc1. The van der Waals surface area contributed by atoms with Crippen LogP contribution in [0.5, 0.6) is 0 Å². The Morgan fingerprint density at radius 1 is 1.11 bits per heavy atom. The Morgan fingerprint density at radius 2 is 1.74 bits per heavy atom. The van der Waals surface area contributed by atoms with E-state index in [4.69, 9.17) is 0 Å². The van der Waals surface area contributed by atoms with Crippen LogP contribution >= 0.6 is 0 Å². The van der Waals surface area contributed by atoms with E-state index in [9.17, 15) is 17.6 Å². The third kappa shape index (κ3) is 4.43. The van der Waals surface area contributed by atoms with Crippen LogP contribution in [-0.4, -0.2) is 38.3 Å². The molecule has 0 heterocycles. The molecule has 7 heteroatoms. The van der Waals surface area contributed by atoms with Gasteiger partial charge in [0.25, 0.3) is 5.91 Å². The Bertz CT molecular complexity index is 910. The van der Waals surface area contributed by atoms with Crippen LogP contribution in [0.15, 0.2) is 66.1 Å². The largest absolute Gasteiger partial charge is 0.305 e. The third-order valence-corrected chi connectivity index (χ3v) is 6.19. The lowest BCUT2D eigenvalue weighted by Crippen LogP contribution is -2.33. The van der Waals surface area contributed by atoms with Crippen LogP contribution in [-0.2, 0) is 10.0 Å². The van der Waals surface area contributed by atoms with E-state index in [-0.39, 0.29) is 25.2 Å². The van der Waals surface area contributed by atoms with Gasteiger partial charge < -0.3 is 4.90 Å². The van der Waals surface area contributed by atoms with Gasteiger partial charge >= 0.3 is 0 Å². The van der Waals surface area contributed by atoms with Crippen molar-refractivity contribution in [3.8, 4) is 0 Å². The maximum absolute atomic E-state index is 14.3. The van der Waals surface area contributed by atoms with Gasteiger partial charge in [-0.2, -0.15) is 4.31 Å². The van der Waals surface area contributed by atoms with Crippen LogP contribution < -0.4 is 4.90 Å². The monoisotopic (exact) mass is 390 g/mol. The van der Waals surface area contributed by atoms with Gasteiger partial charge in [0, 0.05) is 30.9 Å². The fraction of sp³-hybridized carbons (Fsp3) is 0.250. The number of para-hydroxylation sites is 1. The fourth-order valence-electron chi connectivity index (χ4n) is 2.74. The van der Waals surface area contributed by atoms with Crippen molar-refractivity contribution in [2.75, 3.05) is 24.5 Å². The first-order chi connectivity index (χ1) is 12.9. The molecule has 0 unspecified atom stereocenters. The lowest BCUT2D eigenvalue weighted by atomic mass is 10.1. The highest BCUT2D eigenvalue weighted by Gasteiger charge is 2.27. The highest BCUT2D eigenvalue weighted by molar-refractivity contribution is 7.89. The zero-order chi connectivity index (χ0) is 20.0. The number of hydrogen-bond donors (Lipinski definition) is 0. The van der Waals surface area contributed by atoms with Crippen LogP contribution in [0.1, 0.15) is 24.2 Å². The summed E-state index contributed by atoms with van der Waals surface area (Å²) in [4.78, 5) is 13.9. The van der Waals surface area contributed by atoms with Crippen molar-refractivity contribution in [2.24, 2.45) is 0 Å². The molecule has 0 radical (unpaired) electrons. The van der Waals surface area contributed by atoms with E-state index in [1.54, 1.807) is 44.2 Å². The standard InChI is InChI=1S/C20H23FN2O3S/c1-4-14-23(17-10-8-7-9-11-17)20(24)16-12-13-18(21)19(15-16)27(25,26)22(5-2)6-3/h4,7-13,15H,1,5-6,14H2,2-3H3. The van der Waals surface area contributed by atoms with Gasteiger partial charge in [-0.05, 0) is 30.3 Å². The van der Waals surface area contributed by atoms with Crippen molar-refractivity contribution in [1.82, 2.24) is 4.31 Å². The molecule has 0 N–H and O–H groups in total. The van der Waals surface area contributed by atoms with Crippen molar-refractivity contribution in [3.63, 3.8) is 0 Å². The zero-order valence-corrected chi connectivity index (χ0v) is 16.2. The van der Waals surface area contributed by atoms with Gasteiger partial charge in [0.1, 0.15) is 10.7 Å². The summed E-state index contributed by atoms with van der Waals surface area (Å²) < 4.78 is 40.8. The predicted octanol–water partition coefficient (Wildman–Crippen LogP) is 3.69. The lowest BCUT2D eigenvalue weighted by molar-refractivity contribution is 0.0989. The topological polar surface area (TPSA) is 57.7 Å². The van der Waals surface area contributed by atoms with Crippen LogP contribution in [0, 0.1) is 5.82 Å². The van der Waals surface area contributed by atoms with Crippen LogP contribution in [0.3, 0.4) is 0 Å². The van der Waals surface area contributed by atoms with E-state index in [1.807, 2.05) is 6.07 Å². The summed E-state index contributed by atoms with van der Waals surface area (Å²) in [7, 11) is -4.02. The van der Waals surface area contributed by atoms with Crippen molar-refractivity contribution in [3.05, 3.63) is 72.6 Å². The first-order valence-corrected chi connectivity index (χ1v) is 10.1. The minimum absolute atomic E-state index is 0.0906. The summed E-state index contributed by atoms with van der Waals surface area (Å²) in [6.45, 7) is 7.67. The van der Waals surface area contributed by atoms with Crippen molar-refractivity contribution < 1.29 is 17.6 Å². The molecule has 27 heavy (non-hydrogen) atoms. The number of nitrogens with zero attached hydrogens (tertiary/aromatic N) is 2. The van der Waals surface area contributed by atoms with E-state index in [0.29, 0.717) is 5.69 Å². The molecule has 2 rings (SSSR count). The number of anilines is 1. The second-order valence-corrected chi connectivity index (χ2v) is 7.68. The number of carbonyl (C=O) groups excluding carboxylic acids is 1. The van der Waals surface area contributed by atoms with Gasteiger partial charge in [0.05, 0.1) is 0 Å². The second-order valence-electron chi connectivity index (χ2n) is 5.77. The summed E-state index contributed by atoms with van der Waals surface area (Å²) in [6.07, 6.45) is 1.57. The molecule has 144 valence electrons. The number of carbonyl (C=O) groups is 1. The van der Waals surface area contributed by atoms with Crippen LogP contribution in [0.4, 0.5) is 10.1 Å². The number of benzene rings is 2. The Labute approximate surface area is 159 Å². The molecular formula is C20H23FN2O3S. The van der Waals surface area contributed by atoms with Crippen LogP contribution in [0.25, 0.3) is 0 Å². The van der Waals surface area contributed by atoms with Gasteiger partial charge in [-0.3, -0.25) is 4.79 Å². The molecule has 0 saturated heterocycles. The first-order valence-electron chi connectivity index (χ1n) is 8.64. The average molecular weight is 390 g/mol. The molecule has 1 amide bonds. The Kier molecular flexibility index (Phi) is 6.87. The smallest absolute Gasteiger partial charge is 0.258 e. The van der Waals surface area contributed by atoms with E-state index < -0.39 is 26.6 Å². The minimum Gasteiger partial charge on any atom is -0.305 e. The maximum Gasteiger partial charge on any atom is 0.258 e. The predicted molar refractivity (Wildman–Crippen MR) is 105 cm³/mol. The molecule has 0 atom stereocenters. The van der Waals surface area contributed by atoms with E-state index in [0.717, 1.165) is 16.4 Å². The van der Waals surface area contributed by atoms with Crippen LogP contribution in [0.2, 0.25) is 0 Å². The molecule has 5 nitrogen and oxygen atoms in total. The summed E-state index contributed by atoms with van der Waals surface area (Å²) in [6, 6.07) is 12.3. The van der Waals surface area contributed by atoms with Gasteiger partial charge in [-0.1, -0.05) is 38.1 Å². The molecule has 0 aliphatic rings. The molecule has 0 aliphatic carbocycles. The molecule has 0 bridgehead atoms. The second kappa shape index (κ2) is 8.92. The molecule has 0 saturated carbocycles. The van der Waals surface area contributed by atoms with Crippen molar-refractivity contribution in [1.29, 1.82) is 0 Å². The maximum atomic E-state index is 14.3. The molecule has 0 aromatic heterocycles.